The van der Waals surface area contributed by atoms with Crippen molar-refractivity contribution in [1.82, 2.24) is 4.90 Å². The lowest BCUT2D eigenvalue weighted by Gasteiger charge is -2.22. The van der Waals surface area contributed by atoms with Crippen LogP contribution in [0.2, 0.25) is 0 Å². The van der Waals surface area contributed by atoms with Gasteiger partial charge >= 0.3 is 0 Å². The summed E-state index contributed by atoms with van der Waals surface area (Å²) in [5.41, 5.74) is 0.381. The molecule has 0 aliphatic rings. The fraction of sp³-hybridized carbons (Fsp3) is 0.429. The molecule has 0 atom stereocenters. The Balaban J connectivity index is 3.11. The number of Topliss-reactive ketones (excluding diaryl/α,β-unsaturated/α-hetero) is 1. The predicted octanol–water partition coefficient (Wildman–Crippen LogP) is 2.89. The smallest absolute Gasteiger partial charge is 0.203 e. The number of carbonyl (C=O) groups is 1. The van der Waals surface area contributed by atoms with Crippen molar-refractivity contribution >= 4 is 17.3 Å². The number of para-hydroxylation sites is 1. The molecule has 3 heteroatoms. The van der Waals surface area contributed by atoms with E-state index >= 15 is 0 Å². The minimum Gasteiger partial charge on any atom is -0.360 e. The van der Waals surface area contributed by atoms with Crippen LogP contribution in [0.4, 0.5) is 5.69 Å². The highest BCUT2D eigenvalue weighted by atomic mass is 16.1. The number of likely N-dealkylation sites (N-methyl/N-ethyl adjacent to an activating group) is 1. The molecule has 0 fully saturated rings. The third-order valence-electron chi connectivity index (χ3n) is 2.30. The number of aliphatic imine (C=N–C) groups is 1. The van der Waals surface area contributed by atoms with Crippen LogP contribution < -0.4 is 0 Å². The maximum atomic E-state index is 12.2. The summed E-state index contributed by atoms with van der Waals surface area (Å²) in [6.45, 7) is 5.71. The quantitative estimate of drug-likeness (QED) is 0.580. The van der Waals surface area contributed by atoms with Gasteiger partial charge < -0.3 is 4.90 Å². The van der Waals surface area contributed by atoms with Gasteiger partial charge in [-0.3, -0.25) is 4.79 Å². The predicted molar refractivity (Wildman–Crippen MR) is 71.7 cm³/mol. The van der Waals surface area contributed by atoms with E-state index in [2.05, 4.69) is 4.99 Å². The monoisotopic (exact) mass is 232 g/mol. The molecule has 0 aromatic heterocycles. The van der Waals surface area contributed by atoms with Crippen molar-refractivity contribution in [1.29, 1.82) is 0 Å². The SMILES string of the molecule is CN(C)C(=Nc1ccccc1)C(=O)C(C)(C)C. The molecule has 0 saturated carbocycles. The largest absolute Gasteiger partial charge is 0.360 e. The van der Waals surface area contributed by atoms with E-state index in [1.807, 2.05) is 65.2 Å². The minimum atomic E-state index is -0.419. The third kappa shape index (κ3) is 3.70. The summed E-state index contributed by atoms with van der Waals surface area (Å²) in [6.07, 6.45) is 0. The van der Waals surface area contributed by atoms with Gasteiger partial charge in [0.15, 0.2) is 5.84 Å². The maximum Gasteiger partial charge on any atom is 0.203 e. The normalized spacial score (nSPS) is 12.4. The van der Waals surface area contributed by atoms with Crippen LogP contribution in [0.5, 0.6) is 0 Å². The molecule has 0 unspecified atom stereocenters. The number of nitrogens with zero attached hydrogens (tertiary/aromatic N) is 2. The molecule has 0 aliphatic carbocycles. The fourth-order valence-electron chi connectivity index (χ4n) is 1.31. The van der Waals surface area contributed by atoms with E-state index in [-0.39, 0.29) is 5.78 Å². The number of ketones is 1. The van der Waals surface area contributed by atoms with Gasteiger partial charge in [0.25, 0.3) is 0 Å². The Kier molecular flexibility index (Phi) is 4.05. The van der Waals surface area contributed by atoms with Crippen LogP contribution in [0, 0.1) is 5.41 Å². The van der Waals surface area contributed by atoms with Crippen molar-refractivity contribution in [3.05, 3.63) is 30.3 Å². The first kappa shape index (κ1) is 13.4. The molecule has 0 heterocycles. The number of carbonyl (C=O) groups excluding carboxylic acids is 1. The molecule has 92 valence electrons. The van der Waals surface area contributed by atoms with Crippen molar-refractivity contribution in [2.24, 2.45) is 10.4 Å². The van der Waals surface area contributed by atoms with E-state index in [1.54, 1.807) is 4.90 Å². The Morgan fingerprint density at radius 2 is 1.65 bits per heavy atom. The van der Waals surface area contributed by atoms with Crippen molar-refractivity contribution < 1.29 is 4.79 Å². The molecule has 1 aromatic rings. The Morgan fingerprint density at radius 1 is 1.12 bits per heavy atom. The molecule has 0 spiro atoms. The molecule has 1 aromatic carbocycles. The number of hydrogen-bond donors (Lipinski definition) is 0. The Labute approximate surface area is 103 Å². The van der Waals surface area contributed by atoms with Crippen molar-refractivity contribution in [2.45, 2.75) is 20.8 Å². The zero-order valence-corrected chi connectivity index (χ0v) is 11.2. The lowest BCUT2D eigenvalue weighted by molar-refractivity contribution is -0.120. The van der Waals surface area contributed by atoms with Crippen molar-refractivity contribution in [3.63, 3.8) is 0 Å². The van der Waals surface area contributed by atoms with Gasteiger partial charge in [-0.2, -0.15) is 0 Å². The van der Waals surface area contributed by atoms with E-state index in [4.69, 9.17) is 0 Å². The minimum absolute atomic E-state index is 0.0475. The second-order valence-electron chi connectivity index (χ2n) is 5.24. The number of rotatable bonds is 2. The standard InChI is InChI=1S/C14H20N2O/c1-14(2,3)12(17)13(16(4)5)15-11-9-7-6-8-10-11/h6-10H,1-5H3. The average molecular weight is 232 g/mol. The highest BCUT2D eigenvalue weighted by Crippen LogP contribution is 2.19. The lowest BCUT2D eigenvalue weighted by Crippen LogP contribution is -2.37. The van der Waals surface area contributed by atoms with E-state index < -0.39 is 5.41 Å². The van der Waals surface area contributed by atoms with Crippen LogP contribution in [0.3, 0.4) is 0 Å². The van der Waals surface area contributed by atoms with E-state index in [9.17, 15) is 4.79 Å². The lowest BCUT2D eigenvalue weighted by atomic mass is 9.90. The number of amidine groups is 1. The first-order valence-corrected chi connectivity index (χ1v) is 5.68. The summed E-state index contributed by atoms with van der Waals surface area (Å²) in [5, 5.41) is 0. The maximum absolute atomic E-state index is 12.2. The zero-order valence-electron chi connectivity index (χ0n) is 11.2. The van der Waals surface area contributed by atoms with Crippen LogP contribution >= 0.6 is 0 Å². The molecule has 0 bridgehead atoms. The van der Waals surface area contributed by atoms with Gasteiger partial charge in [-0.1, -0.05) is 39.0 Å². The van der Waals surface area contributed by atoms with E-state index in [0.717, 1.165) is 5.69 Å². The van der Waals surface area contributed by atoms with Crippen LogP contribution in [-0.2, 0) is 4.79 Å². The van der Waals surface area contributed by atoms with Crippen LogP contribution in [0.1, 0.15) is 20.8 Å². The van der Waals surface area contributed by atoms with Crippen LogP contribution in [0.15, 0.2) is 35.3 Å². The van der Waals surface area contributed by atoms with Gasteiger partial charge in [0, 0.05) is 19.5 Å². The highest BCUT2D eigenvalue weighted by Gasteiger charge is 2.27. The topological polar surface area (TPSA) is 32.7 Å². The Bertz CT molecular complexity index is 414. The molecule has 17 heavy (non-hydrogen) atoms. The average Bonchev–Trinajstić information content (AvgIpc) is 2.24. The Hall–Kier alpha value is -1.64. The molecule has 3 nitrogen and oxygen atoms in total. The molecule has 0 N–H and O–H groups in total. The molecular weight excluding hydrogens is 212 g/mol. The zero-order chi connectivity index (χ0) is 13.1. The van der Waals surface area contributed by atoms with Gasteiger partial charge in [0.05, 0.1) is 5.69 Å². The summed E-state index contributed by atoms with van der Waals surface area (Å²) < 4.78 is 0. The highest BCUT2D eigenvalue weighted by molar-refractivity contribution is 6.40. The van der Waals surface area contributed by atoms with E-state index in [0.29, 0.717) is 5.84 Å². The number of benzene rings is 1. The second kappa shape index (κ2) is 5.13. The molecular formula is C14H20N2O. The summed E-state index contributed by atoms with van der Waals surface area (Å²) >= 11 is 0. The van der Waals surface area contributed by atoms with Crippen LogP contribution in [0.25, 0.3) is 0 Å². The molecule has 1 rings (SSSR count). The van der Waals surface area contributed by atoms with E-state index in [1.165, 1.54) is 0 Å². The van der Waals surface area contributed by atoms with Gasteiger partial charge in [-0.15, -0.1) is 0 Å². The van der Waals surface area contributed by atoms with Gasteiger partial charge in [0.2, 0.25) is 5.78 Å². The second-order valence-corrected chi connectivity index (χ2v) is 5.24. The van der Waals surface area contributed by atoms with Gasteiger partial charge in [0.1, 0.15) is 0 Å². The fourth-order valence-corrected chi connectivity index (χ4v) is 1.31. The van der Waals surface area contributed by atoms with Gasteiger partial charge in [-0.25, -0.2) is 4.99 Å². The Morgan fingerprint density at radius 3 is 2.06 bits per heavy atom. The number of hydrogen-bond acceptors (Lipinski definition) is 2. The summed E-state index contributed by atoms with van der Waals surface area (Å²) in [5.74, 6) is 0.537. The summed E-state index contributed by atoms with van der Waals surface area (Å²) in [6, 6.07) is 9.53. The first-order chi connectivity index (χ1) is 7.82. The molecule has 0 radical (unpaired) electrons. The summed E-state index contributed by atoms with van der Waals surface area (Å²) in [4.78, 5) is 18.4. The van der Waals surface area contributed by atoms with Crippen molar-refractivity contribution in [2.75, 3.05) is 14.1 Å². The summed E-state index contributed by atoms with van der Waals surface area (Å²) in [7, 11) is 3.68. The van der Waals surface area contributed by atoms with Crippen molar-refractivity contribution in [3.8, 4) is 0 Å². The molecule has 0 amide bonds. The third-order valence-corrected chi connectivity index (χ3v) is 2.30. The molecule has 0 saturated heterocycles. The van der Waals surface area contributed by atoms with Gasteiger partial charge in [-0.05, 0) is 12.1 Å². The molecule has 0 aliphatic heterocycles. The first-order valence-electron chi connectivity index (χ1n) is 5.68. The van der Waals surface area contributed by atoms with Crippen LogP contribution in [-0.4, -0.2) is 30.6 Å².